The molecule has 1 N–H and O–H groups in total. The van der Waals surface area contributed by atoms with Gasteiger partial charge in [-0.25, -0.2) is 9.18 Å². The third kappa shape index (κ3) is 3.98. The van der Waals surface area contributed by atoms with Crippen LogP contribution in [0, 0.1) is 5.82 Å². The number of halogens is 1. The molecule has 4 rings (SSSR count). The van der Waals surface area contributed by atoms with Crippen LogP contribution < -0.4 is 16.1 Å². The Morgan fingerprint density at radius 1 is 1.07 bits per heavy atom. The SMILES string of the molecule is O=C(c1ccco1)N1CCN(c2cc(=O)n(Cc3ccc(F)cc3)c(=O)[nH]2)CC1. The van der Waals surface area contributed by atoms with Gasteiger partial charge < -0.3 is 14.2 Å². The number of nitrogens with zero attached hydrogens (tertiary/aromatic N) is 3. The summed E-state index contributed by atoms with van der Waals surface area (Å²) in [6.07, 6.45) is 1.45. The van der Waals surface area contributed by atoms with Crippen molar-refractivity contribution in [2.45, 2.75) is 6.54 Å². The van der Waals surface area contributed by atoms with Gasteiger partial charge in [0, 0.05) is 32.2 Å². The monoisotopic (exact) mass is 398 g/mol. The minimum atomic E-state index is -0.536. The molecule has 1 aliphatic rings. The molecule has 0 aliphatic carbocycles. The van der Waals surface area contributed by atoms with Crippen LogP contribution in [0.1, 0.15) is 16.1 Å². The standard InChI is InChI=1S/C20H19FN4O4/c21-15-5-3-14(4-6-15)13-25-18(26)12-17(22-20(25)28)23-7-9-24(10-8-23)19(27)16-2-1-11-29-16/h1-6,11-12H,7-10,13H2,(H,22,28). The number of furan rings is 1. The molecule has 0 bridgehead atoms. The third-order valence-corrected chi connectivity index (χ3v) is 4.90. The van der Waals surface area contributed by atoms with Gasteiger partial charge in [0.25, 0.3) is 11.5 Å². The molecule has 29 heavy (non-hydrogen) atoms. The van der Waals surface area contributed by atoms with Crippen LogP contribution in [0.15, 0.2) is 62.7 Å². The highest BCUT2D eigenvalue weighted by molar-refractivity contribution is 5.91. The van der Waals surface area contributed by atoms with E-state index in [0.29, 0.717) is 37.6 Å². The summed E-state index contributed by atoms with van der Waals surface area (Å²) in [5.74, 6) is 0.142. The van der Waals surface area contributed by atoms with E-state index in [-0.39, 0.29) is 24.0 Å². The molecule has 1 aromatic carbocycles. The van der Waals surface area contributed by atoms with Gasteiger partial charge in [0.1, 0.15) is 11.6 Å². The summed E-state index contributed by atoms with van der Waals surface area (Å²) in [7, 11) is 0. The van der Waals surface area contributed by atoms with Crippen LogP contribution in [0.3, 0.4) is 0 Å². The van der Waals surface area contributed by atoms with E-state index in [1.54, 1.807) is 17.0 Å². The minimum Gasteiger partial charge on any atom is -0.459 e. The number of benzene rings is 1. The number of piperazine rings is 1. The molecule has 9 heteroatoms. The average molecular weight is 398 g/mol. The Morgan fingerprint density at radius 2 is 1.79 bits per heavy atom. The quantitative estimate of drug-likeness (QED) is 0.715. The van der Waals surface area contributed by atoms with E-state index in [9.17, 15) is 18.8 Å². The first kappa shape index (κ1) is 18.7. The van der Waals surface area contributed by atoms with Crippen molar-refractivity contribution in [2.75, 3.05) is 31.1 Å². The number of anilines is 1. The second-order valence-corrected chi connectivity index (χ2v) is 6.77. The molecule has 2 aromatic heterocycles. The van der Waals surface area contributed by atoms with Gasteiger partial charge in [-0.1, -0.05) is 12.1 Å². The van der Waals surface area contributed by atoms with Gasteiger partial charge in [0.15, 0.2) is 5.76 Å². The van der Waals surface area contributed by atoms with Crippen LogP contribution in [0.5, 0.6) is 0 Å². The largest absolute Gasteiger partial charge is 0.459 e. The fourth-order valence-electron chi connectivity index (χ4n) is 3.31. The summed E-state index contributed by atoms with van der Waals surface area (Å²) >= 11 is 0. The smallest absolute Gasteiger partial charge is 0.330 e. The predicted octanol–water partition coefficient (Wildman–Crippen LogP) is 1.28. The molecule has 3 heterocycles. The molecule has 1 amide bonds. The molecule has 150 valence electrons. The number of aromatic nitrogens is 2. The fraction of sp³-hybridized carbons (Fsp3) is 0.250. The van der Waals surface area contributed by atoms with E-state index in [0.717, 1.165) is 4.57 Å². The number of carbonyl (C=O) groups is 1. The van der Waals surface area contributed by atoms with Crippen molar-refractivity contribution in [3.05, 3.63) is 86.7 Å². The maximum Gasteiger partial charge on any atom is 0.330 e. The zero-order valence-corrected chi connectivity index (χ0v) is 15.5. The van der Waals surface area contributed by atoms with Crippen LogP contribution >= 0.6 is 0 Å². The van der Waals surface area contributed by atoms with Gasteiger partial charge in [-0.3, -0.25) is 19.1 Å². The van der Waals surface area contributed by atoms with Crippen LogP contribution in [-0.2, 0) is 6.54 Å². The van der Waals surface area contributed by atoms with Crippen molar-refractivity contribution < 1.29 is 13.6 Å². The number of hydrogen-bond donors (Lipinski definition) is 1. The van der Waals surface area contributed by atoms with Gasteiger partial charge in [-0.2, -0.15) is 0 Å². The summed E-state index contributed by atoms with van der Waals surface area (Å²) in [5, 5.41) is 0. The van der Waals surface area contributed by atoms with Crippen molar-refractivity contribution >= 4 is 11.7 Å². The number of aromatic amines is 1. The third-order valence-electron chi connectivity index (χ3n) is 4.90. The molecule has 8 nitrogen and oxygen atoms in total. The van der Waals surface area contributed by atoms with Gasteiger partial charge in [0.2, 0.25) is 0 Å². The zero-order valence-electron chi connectivity index (χ0n) is 15.5. The van der Waals surface area contributed by atoms with Crippen molar-refractivity contribution in [1.82, 2.24) is 14.5 Å². The second-order valence-electron chi connectivity index (χ2n) is 6.77. The van der Waals surface area contributed by atoms with Crippen LogP contribution in [0.4, 0.5) is 10.2 Å². The van der Waals surface area contributed by atoms with E-state index in [1.807, 2.05) is 4.90 Å². The molecule has 0 spiro atoms. The molecule has 1 saturated heterocycles. The second kappa shape index (κ2) is 7.78. The first-order chi connectivity index (χ1) is 14.0. The number of nitrogens with one attached hydrogen (secondary N) is 1. The predicted molar refractivity (Wildman–Crippen MR) is 104 cm³/mol. The maximum atomic E-state index is 13.0. The van der Waals surface area contributed by atoms with E-state index in [4.69, 9.17) is 4.42 Å². The van der Waals surface area contributed by atoms with E-state index in [1.165, 1.54) is 36.6 Å². The molecule has 0 saturated carbocycles. The van der Waals surface area contributed by atoms with Gasteiger partial charge in [-0.15, -0.1) is 0 Å². The number of rotatable bonds is 4. The van der Waals surface area contributed by atoms with Gasteiger partial charge in [-0.05, 0) is 29.8 Å². The number of H-pyrrole nitrogens is 1. The van der Waals surface area contributed by atoms with E-state index < -0.39 is 11.2 Å². The molecular weight excluding hydrogens is 379 g/mol. The maximum absolute atomic E-state index is 13.0. The van der Waals surface area contributed by atoms with Crippen molar-refractivity contribution in [3.63, 3.8) is 0 Å². The summed E-state index contributed by atoms with van der Waals surface area (Å²) in [6.45, 7) is 1.90. The van der Waals surface area contributed by atoms with Crippen molar-refractivity contribution in [3.8, 4) is 0 Å². The lowest BCUT2D eigenvalue weighted by Crippen LogP contribution is -2.50. The number of hydrogen-bond acceptors (Lipinski definition) is 5. The van der Waals surface area contributed by atoms with Crippen molar-refractivity contribution in [2.24, 2.45) is 0 Å². The summed E-state index contributed by atoms with van der Waals surface area (Å²) in [5.41, 5.74) is -0.329. The molecule has 1 fully saturated rings. The molecule has 0 atom stereocenters. The lowest BCUT2D eigenvalue weighted by molar-refractivity contribution is 0.0714. The Balaban J connectivity index is 1.46. The first-order valence-electron chi connectivity index (χ1n) is 9.17. The Bertz CT molecular complexity index is 1080. The molecule has 0 unspecified atom stereocenters. The summed E-state index contributed by atoms with van der Waals surface area (Å²) < 4.78 is 19.2. The van der Waals surface area contributed by atoms with Crippen molar-refractivity contribution in [1.29, 1.82) is 0 Å². The van der Waals surface area contributed by atoms with Gasteiger partial charge in [0.05, 0.1) is 12.8 Å². The number of amides is 1. The highest BCUT2D eigenvalue weighted by atomic mass is 19.1. The lowest BCUT2D eigenvalue weighted by atomic mass is 10.2. The van der Waals surface area contributed by atoms with Crippen LogP contribution in [-0.4, -0.2) is 46.5 Å². The molecule has 3 aromatic rings. The Kier molecular flexibility index (Phi) is 5.03. The zero-order chi connectivity index (χ0) is 20.4. The number of carbonyl (C=O) groups excluding carboxylic acids is 1. The average Bonchev–Trinajstić information content (AvgIpc) is 3.26. The van der Waals surface area contributed by atoms with E-state index >= 15 is 0 Å². The topological polar surface area (TPSA) is 91.6 Å². The fourth-order valence-corrected chi connectivity index (χ4v) is 3.31. The summed E-state index contributed by atoms with van der Waals surface area (Å²) in [4.78, 5) is 43.5. The minimum absolute atomic E-state index is 0.0557. The molecule has 0 radical (unpaired) electrons. The molecule has 1 aliphatic heterocycles. The van der Waals surface area contributed by atoms with E-state index in [2.05, 4.69) is 4.98 Å². The Morgan fingerprint density at radius 3 is 2.41 bits per heavy atom. The molecular formula is C20H19FN4O4. The Hall–Kier alpha value is -3.62. The normalized spacial score (nSPS) is 14.2. The Labute approximate surface area is 164 Å². The van der Waals surface area contributed by atoms with Crippen LogP contribution in [0.25, 0.3) is 0 Å². The summed E-state index contributed by atoms with van der Waals surface area (Å²) in [6, 6.07) is 10.3. The van der Waals surface area contributed by atoms with Crippen LogP contribution in [0.2, 0.25) is 0 Å². The first-order valence-corrected chi connectivity index (χ1v) is 9.17. The highest BCUT2D eigenvalue weighted by Gasteiger charge is 2.24. The highest BCUT2D eigenvalue weighted by Crippen LogP contribution is 2.13. The lowest BCUT2D eigenvalue weighted by Gasteiger charge is -2.35. The van der Waals surface area contributed by atoms with Gasteiger partial charge >= 0.3 is 5.69 Å².